The first kappa shape index (κ1) is 29.1. The number of benzene rings is 2. The van der Waals surface area contributed by atoms with Gasteiger partial charge in [0.1, 0.15) is 17.6 Å². The Morgan fingerprint density at radius 2 is 1.64 bits per heavy atom. The second-order valence-corrected chi connectivity index (χ2v) is 11.6. The fraction of sp³-hybridized carbons (Fsp3) is 0.462. The fourth-order valence-electron chi connectivity index (χ4n) is 3.60. The molecule has 2 aromatic carbocycles. The van der Waals surface area contributed by atoms with Crippen LogP contribution in [-0.4, -0.2) is 56.6 Å². The molecule has 0 spiro atoms. The largest absolute Gasteiger partial charge is 0.497 e. The van der Waals surface area contributed by atoms with Crippen molar-refractivity contribution in [2.45, 2.75) is 58.7 Å². The molecule has 0 bridgehead atoms. The second-order valence-electron chi connectivity index (χ2n) is 9.70. The van der Waals surface area contributed by atoms with Crippen molar-refractivity contribution < 1.29 is 27.1 Å². The molecule has 1 N–H and O–H groups in total. The summed E-state index contributed by atoms with van der Waals surface area (Å²) in [7, 11) is -2.07. The summed E-state index contributed by atoms with van der Waals surface area (Å²) in [5.74, 6) is -0.413. The van der Waals surface area contributed by atoms with Crippen LogP contribution in [0.3, 0.4) is 0 Å². The Kier molecular flexibility index (Phi) is 9.86. The lowest BCUT2D eigenvalue weighted by molar-refractivity contribution is -0.141. The van der Waals surface area contributed by atoms with Crippen LogP contribution in [-0.2, 0) is 26.2 Å². The molecule has 2 rings (SSSR count). The van der Waals surface area contributed by atoms with Gasteiger partial charge in [-0.1, -0.05) is 12.1 Å². The normalized spacial score (nSPS) is 12.5. The molecular formula is C26H36FN3O5S. The van der Waals surface area contributed by atoms with E-state index in [1.54, 1.807) is 43.3 Å². The lowest BCUT2D eigenvalue weighted by atomic mass is 10.1. The molecule has 2 amide bonds. The van der Waals surface area contributed by atoms with E-state index < -0.39 is 27.4 Å². The number of carbonyl (C=O) groups excluding carboxylic acids is 2. The van der Waals surface area contributed by atoms with E-state index in [1.165, 1.54) is 28.4 Å². The van der Waals surface area contributed by atoms with Crippen molar-refractivity contribution in [2.75, 3.05) is 24.2 Å². The first-order valence-electron chi connectivity index (χ1n) is 11.7. The maximum absolute atomic E-state index is 13.4. The average Bonchev–Trinajstić information content (AvgIpc) is 2.79. The molecule has 0 unspecified atom stereocenters. The molecule has 0 saturated carbocycles. The molecule has 0 aliphatic heterocycles. The molecule has 0 saturated heterocycles. The average molecular weight is 522 g/mol. The SMILES string of the molecule is COc1ccc(N(CCCC(=O)N(Cc2ccc(F)cc2)[C@@H](C)C(=O)NC(C)(C)C)S(C)(=O)=O)cc1. The highest BCUT2D eigenvalue weighted by molar-refractivity contribution is 7.92. The number of amides is 2. The van der Waals surface area contributed by atoms with Gasteiger partial charge in [-0.2, -0.15) is 0 Å². The first-order valence-corrected chi connectivity index (χ1v) is 13.5. The van der Waals surface area contributed by atoms with E-state index in [0.29, 0.717) is 17.0 Å². The summed E-state index contributed by atoms with van der Waals surface area (Å²) >= 11 is 0. The Morgan fingerprint density at radius 3 is 2.14 bits per heavy atom. The van der Waals surface area contributed by atoms with Crippen LogP contribution in [0, 0.1) is 5.82 Å². The molecule has 1 atom stereocenters. The van der Waals surface area contributed by atoms with Crippen molar-refractivity contribution in [3.8, 4) is 5.75 Å². The zero-order chi connectivity index (χ0) is 27.1. The predicted molar refractivity (Wildman–Crippen MR) is 139 cm³/mol. The van der Waals surface area contributed by atoms with Gasteiger partial charge in [-0.05, 0) is 76.1 Å². The lowest BCUT2D eigenvalue weighted by Crippen LogP contribution is -2.52. The van der Waals surface area contributed by atoms with Gasteiger partial charge in [0.25, 0.3) is 0 Å². The minimum Gasteiger partial charge on any atom is -0.497 e. The van der Waals surface area contributed by atoms with Crippen LogP contribution in [0.15, 0.2) is 48.5 Å². The topological polar surface area (TPSA) is 96.0 Å². The Morgan fingerprint density at radius 1 is 1.06 bits per heavy atom. The standard InChI is InChI=1S/C26H36FN3O5S/c1-19(25(32)28-26(2,3)4)29(18-20-9-11-21(27)12-10-20)24(31)8-7-17-30(36(6,33)34)22-13-15-23(35-5)16-14-22/h9-16,19H,7-8,17-18H2,1-6H3,(H,28,32)/t19-/m0/s1. The van der Waals surface area contributed by atoms with E-state index in [2.05, 4.69) is 5.32 Å². The molecule has 0 fully saturated rings. The Bertz CT molecular complexity index is 1130. The number of carbonyl (C=O) groups is 2. The Balaban J connectivity index is 2.17. The molecule has 8 nitrogen and oxygen atoms in total. The van der Waals surface area contributed by atoms with Crippen LogP contribution < -0.4 is 14.4 Å². The smallest absolute Gasteiger partial charge is 0.242 e. The van der Waals surface area contributed by atoms with Gasteiger partial charge in [0.2, 0.25) is 21.8 Å². The minimum atomic E-state index is -3.59. The first-order chi connectivity index (χ1) is 16.7. The summed E-state index contributed by atoms with van der Waals surface area (Å²) in [4.78, 5) is 27.5. The van der Waals surface area contributed by atoms with Crippen molar-refractivity contribution in [3.63, 3.8) is 0 Å². The molecular weight excluding hydrogens is 485 g/mol. The summed E-state index contributed by atoms with van der Waals surface area (Å²) < 4.78 is 44.6. The number of rotatable bonds is 11. The fourth-order valence-corrected chi connectivity index (χ4v) is 4.56. The van der Waals surface area contributed by atoms with Gasteiger partial charge < -0.3 is 15.0 Å². The van der Waals surface area contributed by atoms with Crippen LogP contribution >= 0.6 is 0 Å². The summed E-state index contributed by atoms with van der Waals surface area (Å²) in [6.07, 6.45) is 1.38. The van der Waals surface area contributed by atoms with Gasteiger partial charge >= 0.3 is 0 Å². The van der Waals surface area contributed by atoms with E-state index >= 15 is 0 Å². The number of anilines is 1. The number of hydrogen-bond acceptors (Lipinski definition) is 5. The monoisotopic (exact) mass is 521 g/mol. The Hall–Kier alpha value is -3.14. The molecule has 198 valence electrons. The minimum absolute atomic E-state index is 0.0243. The second kappa shape index (κ2) is 12.2. The number of nitrogens with zero attached hydrogens (tertiary/aromatic N) is 2. The molecule has 0 aromatic heterocycles. The highest BCUT2D eigenvalue weighted by Crippen LogP contribution is 2.22. The molecule has 0 radical (unpaired) electrons. The third-order valence-electron chi connectivity index (χ3n) is 5.44. The molecule has 10 heteroatoms. The number of methoxy groups -OCH3 is 1. The highest BCUT2D eigenvalue weighted by atomic mass is 32.2. The van der Waals surface area contributed by atoms with Crippen LogP contribution in [0.1, 0.15) is 46.1 Å². The van der Waals surface area contributed by atoms with Crippen molar-refractivity contribution in [1.29, 1.82) is 0 Å². The molecule has 0 aliphatic rings. The third kappa shape index (κ3) is 8.82. The molecule has 2 aromatic rings. The van der Waals surface area contributed by atoms with E-state index in [-0.39, 0.29) is 37.7 Å². The van der Waals surface area contributed by atoms with Gasteiger partial charge in [0.05, 0.1) is 19.1 Å². The maximum Gasteiger partial charge on any atom is 0.242 e. The number of nitrogens with one attached hydrogen (secondary N) is 1. The van der Waals surface area contributed by atoms with Crippen LogP contribution in [0.25, 0.3) is 0 Å². The van der Waals surface area contributed by atoms with E-state index in [1.807, 2.05) is 20.8 Å². The molecule has 0 aliphatic carbocycles. The van der Waals surface area contributed by atoms with Gasteiger partial charge in [0, 0.05) is 25.0 Å². The van der Waals surface area contributed by atoms with Crippen LogP contribution in [0.5, 0.6) is 5.75 Å². The summed E-state index contributed by atoms with van der Waals surface area (Å²) in [5.41, 5.74) is 0.660. The van der Waals surface area contributed by atoms with Gasteiger partial charge in [-0.15, -0.1) is 0 Å². The van der Waals surface area contributed by atoms with Crippen LogP contribution in [0.4, 0.5) is 10.1 Å². The highest BCUT2D eigenvalue weighted by Gasteiger charge is 2.28. The quantitative estimate of drug-likeness (QED) is 0.486. The van der Waals surface area contributed by atoms with Gasteiger partial charge in [-0.25, -0.2) is 12.8 Å². The summed E-state index contributed by atoms with van der Waals surface area (Å²) in [5, 5.41) is 2.88. The zero-order valence-corrected chi connectivity index (χ0v) is 22.6. The lowest BCUT2D eigenvalue weighted by Gasteiger charge is -2.32. The van der Waals surface area contributed by atoms with Crippen LogP contribution in [0.2, 0.25) is 0 Å². The summed E-state index contributed by atoms with van der Waals surface area (Å²) in [6, 6.07) is 11.6. The molecule has 0 heterocycles. The number of halogens is 1. The van der Waals surface area contributed by atoms with Gasteiger partial charge in [0.15, 0.2) is 0 Å². The third-order valence-corrected chi connectivity index (χ3v) is 6.64. The number of hydrogen-bond donors (Lipinski definition) is 1. The molecule has 36 heavy (non-hydrogen) atoms. The Labute approximate surface area is 213 Å². The summed E-state index contributed by atoms with van der Waals surface area (Å²) in [6.45, 7) is 7.40. The van der Waals surface area contributed by atoms with E-state index in [9.17, 15) is 22.4 Å². The van der Waals surface area contributed by atoms with Crippen molar-refractivity contribution in [2.24, 2.45) is 0 Å². The van der Waals surface area contributed by atoms with Crippen molar-refractivity contribution in [1.82, 2.24) is 10.2 Å². The van der Waals surface area contributed by atoms with Crippen molar-refractivity contribution in [3.05, 3.63) is 59.9 Å². The van der Waals surface area contributed by atoms with E-state index in [4.69, 9.17) is 4.74 Å². The van der Waals surface area contributed by atoms with Gasteiger partial charge in [-0.3, -0.25) is 13.9 Å². The predicted octanol–water partition coefficient (Wildman–Crippen LogP) is 3.71. The zero-order valence-electron chi connectivity index (χ0n) is 21.7. The number of sulfonamides is 1. The number of ether oxygens (including phenoxy) is 1. The van der Waals surface area contributed by atoms with E-state index in [0.717, 1.165) is 6.26 Å². The maximum atomic E-state index is 13.4. The van der Waals surface area contributed by atoms with Crippen molar-refractivity contribution >= 4 is 27.5 Å².